The topological polar surface area (TPSA) is 68.4 Å². The summed E-state index contributed by atoms with van der Waals surface area (Å²) < 4.78 is 2.98. The number of nitrogens with one attached hydrogen (secondary N) is 1. The predicted molar refractivity (Wildman–Crippen MR) is 117 cm³/mol. The zero-order valence-electron chi connectivity index (χ0n) is 16.9. The number of rotatable bonds is 7. The molecule has 0 saturated carbocycles. The molecule has 0 unspecified atom stereocenters. The summed E-state index contributed by atoms with van der Waals surface area (Å²) in [6.45, 7) is 2.60. The van der Waals surface area contributed by atoms with Crippen molar-refractivity contribution in [1.82, 2.24) is 19.5 Å². The van der Waals surface area contributed by atoms with Gasteiger partial charge in [-0.15, -0.1) is 0 Å². The lowest BCUT2D eigenvalue weighted by atomic mass is 10.1. The molecule has 2 aromatic carbocycles. The van der Waals surface area contributed by atoms with Crippen LogP contribution in [0.4, 0.5) is 0 Å². The number of carbonyl (C=O) groups excluding carboxylic acids is 1. The average molecular weight is 400 g/mol. The summed E-state index contributed by atoms with van der Waals surface area (Å²) in [7, 11) is 0. The van der Waals surface area contributed by atoms with E-state index in [4.69, 9.17) is 0 Å². The molecule has 4 rings (SSSR count). The van der Waals surface area contributed by atoms with Crippen LogP contribution in [-0.2, 0) is 17.8 Å². The Bertz CT molecular complexity index is 1210. The van der Waals surface area contributed by atoms with Crippen molar-refractivity contribution in [2.75, 3.05) is 6.54 Å². The molecule has 0 spiro atoms. The maximum Gasteiger partial charge on any atom is 0.277 e. The molecule has 0 aliphatic heterocycles. The highest BCUT2D eigenvalue weighted by atomic mass is 16.2. The molecule has 152 valence electrons. The maximum atomic E-state index is 12.8. The van der Waals surface area contributed by atoms with Crippen LogP contribution >= 0.6 is 0 Å². The molecule has 0 bridgehead atoms. The van der Waals surface area contributed by atoms with E-state index >= 15 is 0 Å². The quantitative estimate of drug-likeness (QED) is 0.484. The van der Waals surface area contributed by atoms with Crippen molar-refractivity contribution in [3.8, 4) is 11.3 Å². The molecule has 0 aliphatic carbocycles. The van der Waals surface area contributed by atoms with Crippen molar-refractivity contribution in [3.05, 3.63) is 94.5 Å². The van der Waals surface area contributed by atoms with Crippen molar-refractivity contribution in [2.45, 2.75) is 26.3 Å². The Labute approximate surface area is 174 Å². The summed E-state index contributed by atoms with van der Waals surface area (Å²) in [6, 6.07) is 19.9. The molecule has 6 nitrogen and oxygen atoms in total. The monoisotopic (exact) mass is 400 g/mol. The molecule has 4 aromatic rings. The van der Waals surface area contributed by atoms with Crippen molar-refractivity contribution in [2.24, 2.45) is 0 Å². The highest BCUT2D eigenvalue weighted by Gasteiger charge is 2.11. The summed E-state index contributed by atoms with van der Waals surface area (Å²) in [5.41, 5.74) is 4.31. The van der Waals surface area contributed by atoms with E-state index in [0.717, 1.165) is 24.1 Å². The van der Waals surface area contributed by atoms with Gasteiger partial charge in [0.15, 0.2) is 0 Å². The Balaban J connectivity index is 1.40. The minimum absolute atomic E-state index is 0.00822. The number of nitrogens with zero attached hydrogens (tertiary/aromatic N) is 3. The molecule has 30 heavy (non-hydrogen) atoms. The van der Waals surface area contributed by atoms with Gasteiger partial charge in [0.05, 0.1) is 5.69 Å². The lowest BCUT2D eigenvalue weighted by Crippen LogP contribution is -2.33. The van der Waals surface area contributed by atoms with Crippen LogP contribution in [0.5, 0.6) is 0 Å². The minimum atomic E-state index is -0.234. The number of hydrogen-bond donors (Lipinski definition) is 1. The highest BCUT2D eigenvalue weighted by molar-refractivity contribution is 5.75. The molecule has 0 fully saturated rings. The summed E-state index contributed by atoms with van der Waals surface area (Å²) in [4.78, 5) is 25.1. The lowest BCUT2D eigenvalue weighted by molar-refractivity contribution is -0.121. The van der Waals surface area contributed by atoms with E-state index in [1.165, 1.54) is 15.7 Å². The molecular weight excluding hydrogens is 376 g/mol. The van der Waals surface area contributed by atoms with Crippen molar-refractivity contribution < 1.29 is 4.79 Å². The smallest absolute Gasteiger partial charge is 0.277 e. The van der Waals surface area contributed by atoms with E-state index in [1.807, 2.05) is 49.4 Å². The fourth-order valence-corrected chi connectivity index (χ4v) is 3.39. The summed E-state index contributed by atoms with van der Waals surface area (Å²) >= 11 is 0. The van der Waals surface area contributed by atoms with Gasteiger partial charge in [-0.25, -0.2) is 4.52 Å². The molecule has 0 aliphatic rings. The zero-order valence-corrected chi connectivity index (χ0v) is 16.9. The predicted octanol–water partition coefficient (Wildman–Crippen LogP) is 3.22. The molecule has 0 radical (unpaired) electrons. The van der Waals surface area contributed by atoms with Gasteiger partial charge in [0.25, 0.3) is 5.56 Å². The van der Waals surface area contributed by atoms with E-state index in [-0.39, 0.29) is 18.0 Å². The number of amides is 1. The van der Waals surface area contributed by atoms with Crippen LogP contribution in [0, 0.1) is 6.92 Å². The third-order valence-electron chi connectivity index (χ3n) is 5.07. The Morgan fingerprint density at radius 2 is 1.80 bits per heavy atom. The fraction of sp³-hybridized carbons (Fsp3) is 0.208. The summed E-state index contributed by atoms with van der Waals surface area (Å²) in [6.07, 6.45) is 5.07. The van der Waals surface area contributed by atoms with Gasteiger partial charge in [0, 0.05) is 24.5 Å². The first-order chi connectivity index (χ1) is 14.6. The van der Waals surface area contributed by atoms with Gasteiger partial charge in [-0.2, -0.15) is 5.10 Å². The fourth-order valence-electron chi connectivity index (χ4n) is 3.39. The number of fused-ring (bicyclic) bond motifs is 1. The Hall–Kier alpha value is -3.67. The molecule has 2 aromatic heterocycles. The second-order valence-corrected chi connectivity index (χ2v) is 7.40. The van der Waals surface area contributed by atoms with Crippen LogP contribution in [0.25, 0.3) is 16.8 Å². The van der Waals surface area contributed by atoms with Crippen LogP contribution in [-0.4, -0.2) is 26.6 Å². The third kappa shape index (κ3) is 4.49. The van der Waals surface area contributed by atoms with Gasteiger partial charge in [-0.3, -0.25) is 9.59 Å². The van der Waals surface area contributed by atoms with Crippen molar-refractivity contribution in [1.29, 1.82) is 0 Å². The Kier molecular flexibility index (Phi) is 5.75. The van der Waals surface area contributed by atoms with E-state index in [2.05, 4.69) is 22.5 Å². The number of carbonyl (C=O) groups is 1. The average Bonchev–Trinajstić information content (AvgIpc) is 3.20. The lowest BCUT2D eigenvalue weighted by Gasteiger charge is -2.08. The number of aromatic nitrogens is 3. The van der Waals surface area contributed by atoms with E-state index in [0.29, 0.717) is 12.1 Å². The first-order valence-electron chi connectivity index (χ1n) is 10.1. The number of hydrogen-bond acceptors (Lipinski definition) is 3. The van der Waals surface area contributed by atoms with Crippen LogP contribution in [0.1, 0.15) is 17.5 Å². The van der Waals surface area contributed by atoms with Crippen LogP contribution in [0.2, 0.25) is 0 Å². The number of benzene rings is 2. The van der Waals surface area contributed by atoms with Gasteiger partial charge >= 0.3 is 0 Å². The maximum absolute atomic E-state index is 12.8. The first kappa shape index (κ1) is 19.6. The van der Waals surface area contributed by atoms with Crippen LogP contribution < -0.4 is 10.9 Å². The Morgan fingerprint density at radius 3 is 2.57 bits per heavy atom. The van der Waals surface area contributed by atoms with Crippen molar-refractivity contribution >= 4 is 11.4 Å². The van der Waals surface area contributed by atoms with Gasteiger partial charge in [-0.1, -0.05) is 60.2 Å². The SMILES string of the molecule is Cc1ccc(-c2cc3c(=O)n(CC(=O)NCCCc4ccccc4)ccn3n2)cc1. The molecule has 0 saturated heterocycles. The molecular formula is C24H24N4O2. The van der Waals surface area contributed by atoms with Crippen LogP contribution in [0.15, 0.2) is 77.9 Å². The van der Waals surface area contributed by atoms with Gasteiger partial charge in [0.1, 0.15) is 12.1 Å². The second-order valence-electron chi connectivity index (χ2n) is 7.40. The molecule has 1 N–H and O–H groups in total. The Morgan fingerprint density at radius 1 is 1.03 bits per heavy atom. The standard InChI is InChI=1S/C24H24N4O2/c1-18-9-11-20(12-10-18)21-16-22-24(30)27(14-15-28(22)26-21)17-23(29)25-13-5-8-19-6-3-2-4-7-19/h2-4,6-7,9-12,14-16H,5,8,13,17H2,1H3,(H,25,29). The minimum Gasteiger partial charge on any atom is -0.355 e. The van der Waals surface area contributed by atoms with Crippen LogP contribution in [0.3, 0.4) is 0 Å². The molecule has 1 amide bonds. The van der Waals surface area contributed by atoms with E-state index in [1.54, 1.807) is 23.0 Å². The van der Waals surface area contributed by atoms with Gasteiger partial charge in [-0.05, 0) is 31.4 Å². The summed E-state index contributed by atoms with van der Waals surface area (Å²) in [5.74, 6) is -0.173. The first-order valence-corrected chi connectivity index (χ1v) is 10.1. The van der Waals surface area contributed by atoms with Crippen molar-refractivity contribution in [3.63, 3.8) is 0 Å². The summed E-state index contributed by atoms with van der Waals surface area (Å²) in [5, 5.41) is 7.38. The van der Waals surface area contributed by atoms with E-state index < -0.39 is 0 Å². The second kappa shape index (κ2) is 8.78. The third-order valence-corrected chi connectivity index (χ3v) is 5.07. The molecule has 0 atom stereocenters. The highest BCUT2D eigenvalue weighted by Crippen LogP contribution is 2.18. The normalized spacial score (nSPS) is 11.0. The zero-order chi connectivity index (χ0) is 20.9. The van der Waals surface area contributed by atoms with Gasteiger partial charge < -0.3 is 9.88 Å². The molecule has 6 heteroatoms. The largest absolute Gasteiger partial charge is 0.355 e. The van der Waals surface area contributed by atoms with Gasteiger partial charge in [0.2, 0.25) is 5.91 Å². The van der Waals surface area contributed by atoms with E-state index in [9.17, 15) is 9.59 Å². The number of aryl methyl sites for hydroxylation is 2. The molecule has 2 heterocycles.